The van der Waals surface area contributed by atoms with Crippen molar-refractivity contribution in [3.63, 3.8) is 0 Å². The molecule has 1 N–H and O–H groups in total. The van der Waals surface area contributed by atoms with Crippen LogP contribution in [0.15, 0.2) is 42.7 Å². The minimum Gasteiger partial charge on any atom is -0.363 e. The molecule has 0 spiro atoms. The van der Waals surface area contributed by atoms with Crippen molar-refractivity contribution in [3.05, 3.63) is 48.4 Å². The van der Waals surface area contributed by atoms with Crippen molar-refractivity contribution >= 4 is 11.7 Å². The number of anilines is 1. The molecular weight excluding hydrogens is 314 g/mol. The van der Waals surface area contributed by atoms with Crippen molar-refractivity contribution in [1.82, 2.24) is 20.3 Å². The Morgan fingerprint density at radius 3 is 2.72 bits per heavy atom. The second-order valence-corrected chi connectivity index (χ2v) is 6.37. The fourth-order valence-corrected chi connectivity index (χ4v) is 2.79. The molecule has 6 heteroatoms. The zero-order valence-electron chi connectivity index (χ0n) is 14.6. The molecule has 1 amide bonds. The molecule has 0 bridgehead atoms. The van der Waals surface area contributed by atoms with Gasteiger partial charge in [0.25, 0.3) is 0 Å². The van der Waals surface area contributed by atoms with Crippen molar-refractivity contribution in [3.8, 4) is 11.4 Å². The van der Waals surface area contributed by atoms with Gasteiger partial charge in [-0.2, -0.15) is 0 Å². The highest BCUT2D eigenvalue weighted by molar-refractivity contribution is 5.79. The van der Waals surface area contributed by atoms with Gasteiger partial charge in [0.2, 0.25) is 5.91 Å². The number of rotatable bonds is 5. The van der Waals surface area contributed by atoms with E-state index in [1.54, 1.807) is 12.4 Å². The van der Waals surface area contributed by atoms with Crippen LogP contribution in [0.2, 0.25) is 0 Å². The number of pyridine rings is 1. The predicted octanol–water partition coefficient (Wildman–Crippen LogP) is 2.58. The third-order valence-electron chi connectivity index (χ3n) is 4.25. The van der Waals surface area contributed by atoms with Crippen LogP contribution >= 0.6 is 0 Å². The van der Waals surface area contributed by atoms with Gasteiger partial charge in [-0.1, -0.05) is 12.2 Å². The highest BCUT2D eigenvalue weighted by atomic mass is 16.1. The number of nitrogens with zero attached hydrogens (tertiary/aromatic N) is 4. The van der Waals surface area contributed by atoms with E-state index in [1.807, 2.05) is 37.2 Å². The van der Waals surface area contributed by atoms with Crippen LogP contribution in [-0.4, -0.2) is 35.0 Å². The maximum Gasteiger partial charge on any atom is 0.223 e. The van der Waals surface area contributed by atoms with E-state index in [4.69, 9.17) is 0 Å². The largest absolute Gasteiger partial charge is 0.363 e. The molecular formula is C19H23N5O. The van der Waals surface area contributed by atoms with E-state index in [2.05, 4.69) is 32.4 Å². The predicted molar refractivity (Wildman–Crippen MR) is 97.9 cm³/mol. The van der Waals surface area contributed by atoms with Gasteiger partial charge in [0.05, 0.1) is 12.2 Å². The molecule has 0 aromatic carbocycles. The zero-order valence-corrected chi connectivity index (χ0v) is 14.6. The van der Waals surface area contributed by atoms with E-state index in [0.29, 0.717) is 12.4 Å². The summed E-state index contributed by atoms with van der Waals surface area (Å²) in [4.78, 5) is 27.5. The first kappa shape index (κ1) is 17.1. The monoisotopic (exact) mass is 337 g/mol. The van der Waals surface area contributed by atoms with E-state index in [0.717, 1.165) is 36.3 Å². The van der Waals surface area contributed by atoms with Crippen molar-refractivity contribution in [2.45, 2.75) is 25.8 Å². The molecule has 25 heavy (non-hydrogen) atoms. The molecule has 2 aromatic rings. The van der Waals surface area contributed by atoms with E-state index >= 15 is 0 Å². The normalized spacial score (nSPS) is 16.5. The molecule has 2 heterocycles. The molecule has 3 rings (SSSR count). The number of aromatic nitrogens is 3. The lowest BCUT2D eigenvalue weighted by molar-refractivity contribution is -0.125. The molecule has 0 fully saturated rings. The Morgan fingerprint density at radius 1 is 1.24 bits per heavy atom. The molecule has 2 aromatic heterocycles. The SMILES string of the molecule is CN(C)c1cc(CNC(=O)C2CC=CCC2)nc(-c2ccncc2)n1. The fraction of sp³-hybridized carbons (Fsp3) is 0.368. The first-order valence-corrected chi connectivity index (χ1v) is 8.52. The van der Waals surface area contributed by atoms with E-state index in [1.165, 1.54) is 0 Å². The summed E-state index contributed by atoms with van der Waals surface area (Å²) in [5, 5.41) is 3.02. The summed E-state index contributed by atoms with van der Waals surface area (Å²) < 4.78 is 0. The van der Waals surface area contributed by atoms with Gasteiger partial charge in [0.15, 0.2) is 5.82 Å². The number of hydrogen-bond acceptors (Lipinski definition) is 5. The molecule has 0 saturated carbocycles. The average Bonchev–Trinajstić information content (AvgIpc) is 2.67. The third-order valence-corrected chi connectivity index (χ3v) is 4.25. The van der Waals surface area contributed by atoms with Gasteiger partial charge in [0.1, 0.15) is 5.82 Å². The Morgan fingerprint density at radius 2 is 2.04 bits per heavy atom. The number of amides is 1. The van der Waals surface area contributed by atoms with Crippen LogP contribution in [-0.2, 0) is 11.3 Å². The number of allylic oxidation sites excluding steroid dienone is 2. The lowest BCUT2D eigenvalue weighted by Crippen LogP contribution is -2.31. The zero-order chi connectivity index (χ0) is 17.6. The van der Waals surface area contributed by atoms with Crippen LogP contribution in [0.25, 0.3) is 11.4 Å². The Hall–Kier alpha value is -2.76. The van der Waals surface area contributed by atoms with Gasteiger partial charge < -0.3 is 10.2 Å². The lowest BCUT2D eigenvalue weighted by atomic mass is 9.94. The second kappa shape index (κ2) is 7.88. The third kappa shape index (κ3) is 4.41. The Labute approximate surface area is 148 Å². The molecule has 1 atom stereocenters. The first-order chi connectivity index (χ1) is 12.1. The van der Waals surface area contributed by atoms with Gasteiger partial charge in [-0.15, -0.1) is 0 Å². The number of hydrogen-bond donors (Lipinski definition) is 1. The summed E-state index contributed by atoms with van der Waals surface area (Å²) in [6.07, 6.45) is 10.4. The second-order valence-electron chi connectivity index (χ2n) is 6.37. The Bertz CT molecular complexity index is 758. The Kier molecular flexibility index (Phi) is 5.38. The van der Waals surface area contributed by atoms with Gasteiger partial charge >= 0.3 is 0 Å². The summed E-state index contributed by atoms with van der Waals surface area (Å²) in [6, 6.07) is 5.67. The molecule has 0 aliphatic heterocycles. The van der Waals surface area contributed by atoms with Gasteiger partial charge in [-0.05, 0) is 31.4 Å². The lowest BCUT2D eigenvalue weighted by Gasteiger charge is -2.18. The smallest absolute Gasteiger partial charge is 0.223 e. The number of carbonyl (C=O) groups is 1. The number of carbonyl (C=O) groups excluding carboxylic acids is 1. The molecule has 1 unspecified atom stereocenters. The van der Waals surface area contributed by atoms with E-state index < -0.39 is 0 Å². The van der Waals surface area contributed by atoms with Gasteiger partial charge in [0, 0.05) is 44.0 Å². The van der Waals surface area contributed by atoms with Crippen molar-refractivity contribution in [2.75, 3.05) is 19.0 Å². The van der Waals surface area contributed by atoms with E-state index in [-0.39, 0.29) is 11.8 Å². The minimum absolute atomic E-state index is 0.0693. The molecule has 1 aliphatic rings. The average molecular weight is 337 g/mol. The summed E-state index contributed by atoms with van der Waals surface area (Å²) >= 11 is 0. The summed E-state index contributed by atoms with van der Waals surface area (Å²) in [5.41, 5.74) is 1.70. The van der Waals surface area contributed by atoms with Crippen molar-refractivity contribution in [2.24, 2.45) is 5.92 Å². The van der Waals surface area contributed by atoms with Crippen LogP contribution in [0, 0.1) is 5.92 Å². The molecule has 130 valence electrons. The van der Waals surface area contributed by atoms with Crippen molar-refractivity contribution < 1.29 is 4.79 Å². The molecule has 0 radical (unpaired) electrons. The van der Waals surface area contributed by atoms with Gasteiger partial charge in [-0.3, -0.25) is 9.78 Å². The first-order valence-electron chi connectivity index (χ1n) is 8.52. The number of nitrogens with one attached hydrogen (secondary N) is 1. The highest BCUT2D eigenvalue weighted by Gasteiger charge is 2.18. The van der Waals surface area contributed by atoms with Crippen LogP contribution in [0.1, 0.15) is 25.0 Å². The summed E-state index contributed by atoms with van der Waals surface area (Å²) in [6.45, 7) is 0.403. The van der Waals surface area contributed by atoms with Crippen LogP contribution in [0.3, 0.4) is 0 Å². The summed E-state index contributed by atoms with van der Waals surface area (Å²) in [7, 11) is 3.88. The highest BCUT2D eigenvalue weighted by Crippen LogP contribution is 2.20. The van der Waals surface area contributed by atoms with E-state index in [9.17, 15) is 4.79 Å². The topological polar surface area (TPSA) is 71.0 Å². The standard InChI is InChI=1S/C19H23N5O/c1-24(2)17-12-16(13-21-19(25)15-6-4-3-5-7-15)22-18(23-17)14-8-10-20-11-9-14/h3-4,8-12,15H,5-7,13H2,1-2H3,(H,21,25). The Balaban J connectivity index is 1.77. The minimum atomic E-state index is 0.0693. The maximum absolute atomic E-state index is 12.3. The maximum atomic E-state index is 12.3. The molecule has 0 saturated heterocycles. The fourth-order valence-electron chi connectivity index (χ4n) is 2.79. The summed E-state index contributed by atoms with van der Waals surface area (Å²) in [5.74, 6) is 1.62. The quantitative estimate of drug-likeness (QED) is 0.849. The van der Waals surface area contributed by atoms with Crippen LogP contribution in [0.4, 0.5) is 5.82 Å². The van der Waals surface area contributed by atoms with Crippen LogP contribution < -0.4 is 10.2 Å². The van der Waals surface area contributed by atoms with Gasteiger partial charge in [-0.25, -0.2) is 9.97 Å². The molecule has 1 aliphatic carbocycles. The van der Waals surface area contributed by atoms with Crippen LogP contribution in [0.5, 0.6) is 0 Å². The molecule has 6 nitrogen and oxygen atoms in total. The van der Waals surface area contributed by atoms with Crippen molar-refractivity contribution in [1.29, 1.82) is 0 Å².